The van der Waals surface area contributed by atoms with Crippen LogP contribution in [-0.2, 0) is 14.8 Å². The molecule has 26 heavy (non-hydrogen) atoms. The van der Waals surface area contributed by atoms with Crippen molar-refractivity contribution in [1.29, 1.82) is 0 Å². The van der Waals surface area contributed by atoms with Crippen LogP contribution in [0.25, 0.3) is 0 Å². The van der Waals surface area contributed by atoms with Crippen LogP contribution in [-0.4, -0.2) is 74.2 Å². The van der Waals surface area contributed by atoms with Crippen molar-refractivity contribution in [3.8, 4) is 0 Å². The van der Waals surface area contributed by atoms with Crippen molar-refractivity contribution in [2.24, 2.45) is 0 Å². The van der Waals surface area contributed by atoms with Gasteiger partial charge in [-0.05, 0) is 56.6 Å². The molecule has 0 unspecified atom stereocenters. The van der Waals surface area contributed by atoms with Crippen LogP contribution in [0.4, 0.5) is 4.39 Å². The topological polar surface area (TPSA) is 60.9 Å². The maximum absolute atomic E-state index is 13.4. The van der Waals surface area contributed by atoms with Crippen LogP contribution in [0.15, 0.2) is 23.1 Å². The quantitative estimate of drug-likeness (QED) is 0.772. The first kappa shape index (κ1) is 19.3. The lowest BCUT2D eigenvalue weighted by atomic mass is 10.2. The monoisotopic (exact) mass is 383 g/mol. The molecular formula is C18H26FN3O3S. The molecule has 0 N–H and O–H groups in total. The fourth-order valence-corrected chi connectivity index (χ4v) is 5.03. The van der Waals surface area contributed by atoms with E-state index in [0.29, 0.717) is 25.1 Å². The number of hydrogen-bond acceptors (Lipinski definition) is 4. The van der Waals surface area contributed by atoms with Gasteiger partial charge in [-0.2, -0.15) is 4.31 Å². The second-order valence-electron chi connectivity index (χ2n) is 6.99. The number of carbonyl (C=O) groups excluding carboxylic acids is 1. The third-order valence-electron chi connectivity index (χ3n) is 5.20. The van der Waals surface area contributed by atoms with Gasteiger partial charge in [0.05, 0.1) is 4.90 Å². The molecule has 0 saturated carbocycles. The highest BCUT2D eigenvalue weighted by atomic mass is 32.2. The average molecular weight is 383 g/mol. The lowest BCUT2D eigenvalue weighted by Gasteiger charge is -2.34. The Bertz CT molecular complexity index is 755. The Balaban J connectivity index is 1.55. The zero-order valence-electron chi connectivity index (χ0n) is 15.2. The Hall–Kier alpha value is -1.51. The standard InChI is InChI=1S/C18H26FN3O3S/c1-15-14-16(4-5-17(15)19)26(24,25)22-12-10-21(11-13-22)18(23)6-9-20-7-2-3-8-20/h4-5,14H,2-3,6-13H2,1H3. The van der Waals surface area contributed by atoms with Crippen molar-refractivity contribution in [1.82, 2.24) is 14.1 Å². The van der Waals surface area contributed by atoms with Gasteiger partial charge in [-0.25, -0.2) is 12.8 Å². The van der Waals surface area contributed by atoms with Crippen LogP contribution in [0.5, 0.6) is 0 Å². The molecule has 0 spiro atoms. The van der Waals surface area contributed by atoms with Crippen molar-refractivity contribution in [2.75, 3.05) is 45.8 Å². The molecule has 2 heterocycles. The lowest BCUT2D eigenvalue weighted by molar-refractivity contribution is -0.132. The van der Waals surface area contributed by atoms with Crippen LogP contribution in [0, 0.1) is 12.7 Å². The summed E-state index contributed by atoms with van der Waals surface area (Å²) in [6, 6.07) is 3.84. The highest BCUT2D eigenvalue weighted by molar-refractivity contribution is 7.89. The minimum Gasteiger partial charge on any atom is -0.340 e. The van der Waals surface area contributed by atoms with E-state index in [-0.39, 0.29) is 23.9 Å². The molecule has 144 valence electrons. The van der Waals surface area contributed by atoms with Gasteiger partial charge in [0.2, 0.25) is 15.9 Å². The molecule has 0 aromatic heterocycles. The number of piperazine rings is 1. The maximum atomic E-state index is 13.4. The van der Waals surface area contributed by atoms with Gasteiger partial charge in [-0.1, -0.05) is 0 Å². The molecule has 2 aliphatic heterocycles. The summed E-state index contributed by atoms with van der Waals surface area (Å²) < 4.78 is 40.2. The molecule has 2 fully saturated rings. The zero-order valence-corrected chi connectivity index (χ0v) is 16.0. The minimum atomic E-state index is -3.66. The van der Waals surface area contributed by atoms with Gasteiger partial charge >= 0.3 is 0 Å². The molecule has 2 saturated heterocycles. The van der Waals surface area contributed by atoms with Gasteiger partial charge in [0.15, 0.2) is 0 Å². The molecule has 2 aliphatic rings. The number of rotatable bonds is 5. The number of aryl methyl sites for hydroxylation is 1. The van der Waals surface area contributed by atoms with Gasteiger partial charge < -0.3 is 9.80 Å². The fourth-order valence-electron chi connectivity index (χ4n) is 3.52. The molecule has 0 bridgehead atoms. The van der Waals surface area contributed by atoms with Gasteiger partial charge in [0, 0.05) is 39.1 Å². The molecule has 1 aromatic carbocycles. The highest BCUT2D eigenvalue weighted by Gasteiger charge is 2.30. The average Bonchev–Trinajstić information content (AvgIpc) is 3.15. The van der Waals surface area contributed by atoms with E-state index in [9.17, 15) is 17.6 Å². The van der Waals surface area contributed by atoms with E-state index in [2.05, 4.69) is 4.90 Å². The van der Waals surface area contributed by atoms with Gasteiger partial charge in [0.25, 0.3) is 0 Å². The fraction of sp³-hybridized carbons (Fsp3) is 0.611. The number of amides is 1. The normalized spacial score (nSPS) is 19.8. The van der Waals surface area contributed by atoms with E-state index in [1.165, 1.54) is 35.3 Å². The van der Waals surface area contributed by atoms with E-state index in [1.807, 2.05) is 0 Å². The molecule has 3 rings (SSSR count). The number of halogens is 1. The van der Waals surface area contributed by atoms with Crippen LogP contribution in [0.1, 0.15) is 24.8 Å². The second-order valence-corrected chi connectivity index (χ2v) is 8.93. The first-order valence-corrected chi connectivity index (χ1v) is 10.6. The Kier molecular flexibility index (Phi) is 5.94. The molecule has 0 radical (unpaired) electrons. The Labute approximate surface area is 154 Å². The van der Waals surface area contributed by atoms with Crippen molar-refractivity contribution < 1.29 is 17.6 Å². The molecule has 6 nitrogen and oxygen atoms in total. The summed E-state index contributed by atoms with van der Waals surface area (Å²) in [5, 5.41) is 0. The lowest BCUT2D eigenvalue weighted by Crippen LogP contribution is -2.50. The van der Waals surface area contributed by atoms with Crippen LogP contribution in [0.3, 0.4) is 0 Å². The van der Waals surface area contributed by atoms with E-state index in [1.54, 1.807) is 11.8 Å². The summed E-state index contributed by atoms with van der Waals surface area (Å²) in [6.45, 7) is 5.81. The first-order valence-electron chi connectivity index (χ1n) is 9.14. The predicted molar refractivity (Wildman–Crippen MR) is 96.8 cm³/mol. The van der Waals surface area contributed by atoms with Crippen LogP contribution < -0.4 is 0 Å². The summed E-state index contributed by atoms with van der Waals surface area (Å²) >= 11 is 0. The van der Waals surface area contributed by atoms with E-state index in [4.69, 9.17) is 0 Å². The van der Waals surface area contributed by atoms with Gasteiger partial charge in [0.1, 0.15) is 5.82 Å². The summed E-state index contributed by atoms with van der Waals surface area (Å²) in [6.07, 6.45) is 2.89. The molecule has 0 aliphatic carbocycles. The molecule has 0 atom stereocenters. The number of sulfonamides is 1. The largest absolute Gasteiger partial charge is 0.340 e. The van der Waals surface area contributed by atoms with Gasteiger partial charge in [-0.15, -0.1) is 0 Å². The molecule has 1 amide bonds. The second kappa shape index (κ2) is 8.02. The van der Waals surface area contributed by atoms with Crippen molar-refractivity contribution in [3.63, 3.8) is 0 Å². The van der Waals surface area contributed by atoms with Crippen molar-refractivity contribution in [2.45, 2.75) is 31.1 Å². The highest BCUT2D eigenvalue weighted by Crippen LogP contribution is 2.20. The number of hydrogen-bond donors (Lipinski definition) is 0. The van der Waals surface area contributed by atoms with Crippen molar-refractivity contribution >= 4 is 15.9 Å². The SMILES string of the molecule is Cc1cc(S(=O)(=O)N2CCN(C(=O)CCN3CCCC3)CC2)ccc1F. The van der Waals surface area contributed by atoms with Crippen LogP contribution in [0.2, 0.25) is 0 Å². The number of nitrogens with zero attached hydrogens (tertiary/aromatic N) is 3. The summed E-state index contributed by atoms with van der Waals surface area (Å²) in [5.41, 5.74) is 0.307. The number of benzene rings is 1. The summed E-state index contributed by atoms with van der Waals surface area (Å²) in [4.78, 5) is 16.5. The molecule has 8 heteroatoms. The number of likely N-dealkylation sites (tertiary alicyclic amines) is 1. The van der Waals surface area contributed by atoms with Crippen molar-refractivity contribution in [3.05, 3.63) is 29.6 Å². The molecule has 1 aromatic rings. The third-order valence-corrected chi connectivity index (χ3v) is 7.09. The van der Waals surface area contributed by atoms with E-state index in [0.717, 1.165) is 19.6 Å². The minimum absolute atomic E-state index is 0.0894. The third kappa shape index (κ3) is 4.24. The Morgan fingerprint density at radius 1 is 1.08 bits per heavy atom. The molecular weight excluding hydrogens is 357 g/mol. The summed E-state index contributed by atoms with van der Waals surface area (Å²) in [7, 11) is -3.66. The summed E-state index contributed by atoms with van der Waals surface area (Å²) in [5.74, 6) is -0.330. The Morgan fingerprint density at radius 2 is 1.73 bits per heavy atom. The first-order chi connectivity index (χ1) is 12.4. The Morgan fingerprint density at radius 3 is 2.35 bits per heavy atom. The zero-order chi connectivity index (χ0) is 18.7. The number of carbonyl (C=O) groups is 1. The van der Waals surface area contributed by atoms with Crippen LogP contribution >= 0.6 is 0 Å². The predicted octanol–water partition coefficient (Wildman–Crippen LogP) is 1.45. The maximum Gasteiger partial charge on any atom is 0.243 e. The van der Waals surface area contributed by atoms with E-state index >= 15 is 0 Å². The smallest absolute Gasteiger partial charge is 0.243 e. The van der Waals surface area contributed by atoms with E-state index < -0.39 is 15.8 Å². The van der Waals surface area contributed by atoms with Gasteiger partial charge in [-0.3, -0.25) is 4.79 Å².